The highest BCUT2D eigenvalue weighted by atomic mass is 35.5. The standard InChI is InChI=1S/C17H12ClFN2O3S/c1-9-11(8-20)16(25-15(9)17(23)24-2)21-14(22)7-6-10-12(18)4-3-5-13(10)19/h3-7H,1-2H3,(H,21,22)/b7-6+. The number of benzene rings is 1. The largest absolute Gasteiger partial charge is 0.465 e. The normalized spacial score (nSPS) is 10.5. The van der Waals surface area contributed by atoms with Gasteiger partial charge in [-0.15, -0.1) is 11.3 Å². The Kier molecular flexibility index (Phi) is 5.91. The summed E-state index contributed by atoms with van der Waals surface area (Å²) in [6.45, 7) is 1.59. The van der Waals surface area contributed by atoms with Crippen LogP contribution in [0.5, 0.6) is 0 Å². The summed E-state index contributed by atoms with van der Waals surface area (Å²) in [5.74, 6) is -1.74. The van der Waals surface area contributed by atoms with Crippen LogP contribution < -0.4 is 5.32 Å². The first-order valence-electron chi connectivity index (χ1n) is 6.94. The summed E-state index contributed by atoms with van der Waals surface area (Å²) in [6.07, 6.45) is 2.33. The van der Waals surface area contributed by atoms with Crippen LogP contribution in [0.4, 0.5) is 9.39 Å². The van der Waals surface area contributed by atoms with Gasteiger partial charge in [0.05, 0.1) is 17.7 Å². The van der Waals surface area contributed by atoms with Crippen molar-refractivity contribution in [1.82, 2.24) is 0 Å². The van der Waals surface area contributed by atoms with Crippen LogP contribution in [0.2, 0.25) is 5.02 Å². The molecule has 1 amide bonds. The van der Waals surface area contributed by atoms with Gasteiger partial charge in [0.15, 0.2) is 0 Å². The molecule has 0 radical (unpaired) electrons. The number of ether oxygens (including phenoxy) is 1. The van der Waals surface area contributed by atoms with Gasteiger partial charge >= 0.3 is 5.97 Å². The first-order valence-corrected chi connectivity index (χ1v) is 8.13. The van der Waals surface area contributed by atoms with Gasteiger partial charge in [0, 0.05) is 11.6 Å². The van der Waals surface area contributed by atoms with E-state index in [9.17, 15) is 19.2 Å². The average molecular weight is 379 g/mol. The number of amides is 1. The maximum absolute atomic E-state index is 13.7. The van der Waals surface area contributed by atoms with Crippen molar-refractivity contribution in [2.75, 3.05) is 12.4 Å². The van der Waals surface area contributed by atoms with Crippen molar-refractivity contribution in [2.24, 2.45) is 0 Å². The van der Waals surface area contributed by atoms with E-state index < -0.39 is 17.7 Å². The smallest absolute Gasteiger partial charge is 0.348 e. The molecule has 1 aromatic carbocycles. The minimum atomic E-state index is -0.590. The minimum Gasteiger partial charge on any atom is -0.465 e. The number of nitrogens with zero attached hydrogens (tertiary/aromatic N) is 1. The van der Waals surface area contributed by atoms with Crippen LogP contribution in [-0.2, 0) is 9.53 Å². The van der Waals surface area contributed by atoms with E-state index in [4.69, 9.17) is 11.6 Å². The molecule has 1 heterocycles. The molecular formula is C17H12ClFN2O3S. The Morgan fingerprint density at radius 2 is 2.16 bits per heavy atom. The molecule has 2 rings (SSSR count). The number of rotatable bonds is 4. The summed E-state index contributed by atoms with van der Waals surface area (Å²) >= 11 is 6.82. The van der Waals surface area contributed by atoms with E-state index in [1.165, 1.54) is 31.4 Å². The zero-order valence-electron chi connectivity index (χ0n) is 13.2. The molecule has 5 nitrogen and oxygen atoms in total. The number of nitriles is 1. The summed E-state index contributed by atoms with van der Waals surface area (Å²) in [7, 11) is 1.23. The van der Waals surface area contributed by atoms with Crippen LogP contribution in [0.25, 0.3) is 6.08 Å². The second kappa shape index (κ2) is 7.92. The second-order valence-corrected chi connectivity index (χ2v) is 6.25. The molecule has 0 fully saturated rings. The molecule has 0 saturated heterocycles. The molecule has 0 aliphatic heterocycles. The minimum absolute atomic E-state index is 0.0810. The third-order valence-electron chi connectivity index (χ3n) is 3.27. The number of carbonyl (C=O) groups excluding carboxylic acids is 2. The number of thiophene rings is 1. The Morgan fingerprint density at radius 1 is 1.44 bits per heavy atom. The zero-order chi connectivity index (χ0) is 18.6. The maximum Gasteiger partial charge on any atom is 0.348 e. The van der Waals surface area contributed by atoms with Gasteiger partial charge in [-0.1, -0.05) is 17.7 Å². The molecule has 25 heavy (non-hydrogen) atoms. The van der Waals surface area contributed by atoms with Crippen molar-refractivity contribution in [3.8, 4) is 6.07 Å². The highest BCUT2D eigenvalue weighted by Crippen LogP contribution is 2.33. The van der Waals surface area contributed by atoms with Crippen molar-refractivity contribution >= 4 is 45.9 Å². The van der Waals surface area contributed by atoms with Crippen LogP contribution in [0.3, 0.4) is 0 Å². The molecule has 0 atom stereocenters. The van der Waals surface area contributed by atoms with E-state index >= 15 is 0 Å². The lowest BCUT2D eigenvalue weighted by atomic mass is 10.1. The lowest BCUT2D eigenvalue weighted by Gasteiger charge is -2.01. The molecule has 0 aliphatic rings. The molecule has 0 bridgehead atoms. The molecule has 0 spiro atoms. The lowest BCUT2D eigenvalue weighted by molar-refractivity contribution is -0.111. The highest BCUT2D eigenvalue weighted by Gasteiger charge is 2.21. The van der Waals surface area contributed by atoms with Crippen molar-refractivity contribution in [3.63, 3.8) is 0 Å². The fraction of sp³-hybridized carbons (Fsp3) is 0.118. The van der Waals surface area contributed by atoms with Gasteiger partial charge in [0.1, 0.15) is 21.8 Å². The van der Waals surface area contributed by atoms with E-state index in [-0.39, 0.29) is 26.0 Å². The van der Waals surface area contributed by atoms with Gasteiger partial charge < -0.3 is 10.1 Å². The fourth-order valence-electron chi connectivity index (χ4n) is 2.01. The number of esters is 1. The van der Waals surface area contributed by atoms with Crippen molar-refractivity contribution < 1.29 is 18.7 Å². The topological polar surface area (TPSA) is 79.2 Å². The molecule has 128 valence electrons. The van der Waals surface area contributed by atoms with Gasteiger partial charge in [0.2, 0.25) is 5.91 Å². The quantitative estimate of drug-likeness (QED) is 0.640. The van der Waals surface area contributed by atoms with Crippen LogP contribution >= 0.6 is 22.9 Å². The number of halogens is 2. The Morgan fingerprint density at radius 3 is 2.76 bits per heavy atom. The summed E-state index contributed by atoms with van der Waals surface area (Å²) in [5.41, 5.74) is 0.685. The summed E-state index contributed by atoms with van der Waals surface area (Å²) in [4.78, 5) is 24.0. The molecule has 2 aromatic rings. The Balaban J connectivity index is 2.25. The lowest BCUT2D eigenvalue weighted by Crippen LogP contribution is -2.07. The number of methoxy groups -OCH3 is 1. The molecule has 0 saturated carbocycles. The second-order valence-electron chi connectivity index (χ2n) is 4.82. The SMILES string of the molecule is COC(=O)c1sc(NC(=O)/C=C/c2c(F)cccc2Cl)c(C#N)c1C. The maximum atomic E-state index is 13.7. The third kappa shape index (κ3) is 4.05. The monoisotopic (exact) mass is 378 g/mol. The van der Waals surface area contributed by atoms with E-state index in [1.807, 2.05) is 6.07 Å². The predicted octanol–water partition coefficient (Wildman–Crippen LogP) is 4.16. The zero-order valence-corrected chi connectivity index (χ0v) is 14.8. The summed E-state index contributed by atoms with van der Waals surface area (Å²) in [6, 6.07) is 6.12. The highest BCUT2D eigenvalue weighted by molar-refractivity contribution is 7.18. The van der Waals surface area contributed by atoms with Crippen LogP contribution in [0.15, 0.2) is 24.3 Å². The van der Waals surface area contributed by atoms with E-state index in [0.29, 0.717) is 5.56 Å². The first kappa shape index (κ1) is 18.6. The number of hydrogen-bond donors (Lipinski definition) is 1. The van der Waals surface area contributed by atoms with Crippen LogP contribution in [-0.4, -0.2) is 19.0 Å². The van der Waals surface area contributed by atoms with Gasteiger partial charge in [-0.2, -0.15) is 5.26 Å². The Hall–Kier alpha value is -2.69. The van der Waals surface area contributed by atoms with Gasteiger partial charge in [-0.25, -0.2) is 9.18 Å². The molecule has 8 heteroatoms. The fourth-order valence-corrected chi connectivity index (χ4v) is 3.31. The van der Waals surface area contributed by atoms with Crippen molar-refractivity contribution in [2.45, 2.75) is 6.92 Å². The molecule has 0 aliphatic carbocycles. The average Bonchev–Trinajstić information content (AvgIpc) is 2.89. The first-order chi connectivity index (χ1) is 11.9. The van der Waals surface area contributed by atoms with Gasteiger partial charge in [-0.3, -0.25) is 4.79 Å². The number of nitrogens with one attached hydrogen (secondary N) is 1. The molecule has 1 aromatic heterocycles. The number of anilines is 1. The molecule has 1 N–H and O–H groups in total. The summed E-state index contributed by atoms with van der Waals surface area (Å²) in [5, 5.41) is 12.1. The Bertz CT molecular complexity index is 895. The van der Waals surface area contributed by atoms with Gasteiger partial charge in [-0.05, 0) is 30.7 Å². The van der Waals surface area contributed by atoms with E-state index in [1.54, 1.807) is 6.92 Å². The van der Waals surface area contributed by atoms with Crippen molar-refractivity contribution in [3.05, 3.63) is 56.7 Å². The summed E-state index contributed by atoms with van der Waals surface area (Å²) < 4.78 is 18.3. The predicted molar refractivity (Wildman–Crippen MR) is 94.2 cm³/mol. The van der Waals surface area contributed by atoms with Gasteiger partial charge in [0.25, 0.3) is 0 Å². The van der Waals surface area contributed by atoms with Crippen molar-refractivity contribution in [1.29, 1.82) is 5.26 Å². The number of hydrogen-bond acceptors (Lipinski definition) is 5. The molecular weight excluding hydrogens is 367 g/mol. The third-order valence-corrected chi connectivity index (χ3v) is 4.78. The van der Waals surface area contributed by atoms with E-state index in [2.05, 4.69) is 10.1 Å². The van der Waals surface area contributed by atoms with E-state index in [0.717, 1.165) is 17.4 Å². The molecule has 0 unspecified atom stereocenters. The van der Waals surface area contributed by atoms with Crippen LogP contribution in [0.1, 0.15) is 26.4 Å². The Labute approximate surface area is 152 Å². The number of carbonyl (C=O) groups is 2. The van der Waals surface area contributed by atoms with Crippen LogP contribution in [0, 0.1) is 24.1 Å².